The Morgan fingerprint density at radius 1 is 1.11 bits per heavy atom. The Morgan fingerprint density at radius 2 is 1.74 bits per heavy atom. The van der Waals surface area contributed by atoms with E-state index in [2.05, 4.69) is 25.7 Å². The standard InChI is InChI=1S/C17H15BrF3N3O3/c1-10-3-5-11(6-4-10)14(25)24-16(15(26)27-2,17(19,20)21)23-13-8-7-12(18)9-22-13/h3-9H,1-2H3,(H,22,23)(H,24,25)/p+1/t16-/m1/s1. The second-order valence-electron chi connectivity index (χ2n) is 5.61. The smallest absolute Gasteiger partial charge is 0.464 e. The van der Waals surface area contributed by atoms with Gasteiger partial charge in [-0.25, -0.2) is 15.1 Å². The van der Waals surface area contributed by atoms with Gasteiger partial charge < -0.3 is 4.74 Å². The summed E-state index contributed by atoms with van der Waals surface area (Å²) in [5.41, 5.74) is -2.71. The van der Waals surface area contributed by atoms with Gasteiger partial charge in [0.25, 0.3) is 11.7 Å². The molecule has 0 saturated carbocycles. The zero-order valence-corrected chi connectivity index (χ0v) is 15.9. The molecule has 0 fully saturated rings. The second kappa shape index (κ2) is 7.95. The zero-order valence-electron chi connectivity index (χ0n) is 14.3. The highest BCUT2D eigenvalue weighted by Crippen LogP contribution is 2.32. The Morgan fingerprint density at radius 3 is 2.22 bits per heavy atom. The van der Waals surface area contributed by atoms with Gasteiger partial charge in [0.2, 0.25) is 0 Å². The lowest BCUT2D eigenvalue weighted by Gasteiger charge is -2.30. The third-order valence-corrected chi connectivity index (χ3v) is 4.12. The molecular weight excluding hydrogens is 431 g/mol. The fourth-order valence-electron chi connectivity index (χ4n) is 2.18. The lowest BCUT2D eigenvalue weighted by molar-refractivity contribution is -0.363. The number of methoxy groups -OCH3 is 1. The minimum Gasteiger partial charge on any atom is -0.464 e. The van der Waals surface area contributed by atoms with Gasteiger partial charge >= 0.3 is 17.8 Å². The molecule has 1 aromatic heterocycles. The molecule has 0 bridgehead atoms. The molecule has 0 aliphatic rings. The monoisotopic (exact) mass is 446 g/mol. The van der Waals surface area contributed by atoms with Crippen molar-refractivity contribution in [2.75, 3.05) is 12.4 Å². The van der Waals surface area contributed by atoms with Crippen LogP contribution in [-0.4, -0.2) is 30.8 Å². The summed E-state index contributed by atoms with van der Waals surface area (Å²) in [5, 5.41) is 3.75. The average molecular weight is 447 g/mol. The molecule has 1 atom stereocenters. The van der Waals surface area contributed by atoms with Gasteiger partial charge in [-0.15, -0.1) is 0 Å². The first-order valence-electron chi connectivity index (χ1n) is 7.59. The number of amides is 1. The third kappa shape index (κ3) is 4.57. The van der Waals surface area contributed by atoms with Crippen LogP contribution in [0.15, 0.2) is 47.1 Å². The molecule has 27 heavy (non-hydrogen) atoms. The Labute approximate surface area is 161 Å². The highest BCUT2D eigenvalue weighted by molar-refractivity contribution is 9.10. The Hall–Kier alpha value is -2.62. The maximum atomic E-state index is 13.9. The van der Waals surface area contributed by atoms with Crippen LogP contribution in [0.1, 0.15) is 15.9 Å². The zero-order chi connectivity index (χ0) is 20.2. The molecule has 10 heteroatoms. The number of H-pyrrole nitrogens is 1. The third-order valence-electron chi connectivity index (χ3n) is 3.63. The number of aromatic nitrogens is 1. The molecule has 2 rings (SSSR count). The topological polar surface area (TPSA) is 81.6 Å². The molecule has 0 saturated heterocycles. The second-order valence-corrected chi connectivity index (χ2v) is 6.52. The first-order chi connectivity index (χ1) is 12.6. The number of carbonyl (C=O) groups excluding carboxylic acids is 2. The van der Waals surface area contributed by atoms with Crippen LogP contribution in [0.5, 0.6) is 0 Å². The number of aryl methyl sites for hydroxylation is 1. The van der Waals surface area contributed by atoms with Crippen LogP contribution in [0, 0.1) is 6.92 Å². The van der Waals surface area contributed by atoms with Crippen molar-refractivity contribution in [3.8, 4) is 0 Å². The highest BCUT2D eigenvalue weighted by Gasteiger charge is 2.67. The number of rotatable bonds is 5. The van der Waals surface area contributed by atoms with Crippen molar-refractivity contribution >= 4 is 33.6 Å². The number of alkyl halides is 3. The molecule has 3 N–H and O–H groups in total. The van der Waals surface area contributed by atoms with Crippen molar-refractivity contribution in [1.82, 2.24) is 5.32 Å². The summed E-state index contributed by atoms with van der Waals surface area (Å²) in [6, 6.07) is 8.57. The number of anilines is 1. The number of benzene rings is 1. The molecule has 6 nitrogen and oxygen atoms in total. The molecule has 1 heterocycles. The average Bonchev–Trinajstić information content (AvgIpc) is 2.61. The first-order valence-corrected chi connectivity index (χ1v) is 8.38. The van der Waals surface area contributed by atoms with Crippen molar-refractivity contribution in [2.24, 2.45) is 0 Å². The number of ether oxygens (including phenoxy) is 1. The van der Waals surface area contributed by atoms with Crippen molar-refractivity contribution in [2.45, 2.75) is 18.8 Å². The predicted octanol–water partition coefficient (Wildman–Crippen LogP) is 2.85. The summed E-state index contributed by atoms with van der Waals surface area (Å²) in [6.07, 6.45) is -3.84. The molecule has 2 aromatic rings. The number of halogens is 4. The largest absolute Gasteiger partial charge is 0.464 e. The van der Waals surface area contributed by atoms with Gasteiger partial charge in [-0.1, -0.05) is 17.7 Å². The van der Waals surface area contributed by atoms with Gasteiger partial charge in [-0.05, 0) is 41.1 Å². The van der Waals surface area contributed by atoms with Crippen molar-refractivity contribution in [3.05, 3.63) is 58.2 Å². The van der Waals surface area contributed by atoms with Gasteiger partial charge in [-0.3, -0.25) is 10.1 Å². The maximum absolute atomic E-state index is 13.9. The summed E-state index contributed by atoms with van der Waals surface area (Å²) >= 11 is 3.14. The number of pyridine rings is 1. The van der Waals surface area contributed by atoms with Crippen molar-refractivity contribution < 1.29 is 32.5 Å². The minimum absolute atomic E-state index is 0.0419. The van der Waals surface area contributed by atoms with Crippen molar-refractivity contribution in [1.29, 1.82) is 0 Å². The number of nitrogens with one attached hydrogen (secondary N) is 3. The Balaban J connectivity index is 2.46. The van der Waals surface area contributed by atoms with E-state index < -0.39 is 23.7 Å². The first kappa shape index (κ1) is 20.7. The van der Waals surface area contributed by atoms with E-state index in [9.17, 15) is 22.8 Å². The molecule has 1 aromatic carbocycles. The van der Waals surface area contributed by atoms with Crippen LogP contribution in [0.2, 0.25) is 0 Å². The summed E-state index contributed by atoms with van der Waals surface area (Å²) in [7, 11) is 0.799. The van der Waals surface area contributed by atoms with Crippen LogP contribution in [0.25, 0.3) is 0 Å². The number of hydrogen-bond donors (Lipinski definition) is 2. The maximum Gasteiger partial charge on any atom is 0.464 e. The van der Waals surface area contributed by atoms with Crippen LogP contribution in [0.3, 0.4) is 0 Å². The molecule has 0 aliphatic heterocycles. The molecule has 144 valence electrons. The quantitative estimate of drug-likeness (QED) is 0.546. The van der Waals surface area contributed by atoms with E-state index >= 15 is 0 Å². The van der Waals surface area contributed by atoms with E-state index in [4.69, 9.17) is 0 Å². The SMILES string of the molecule is COC(=O)[C@](NC(=O)c1ccc(C)cc1)(Nc1ccc(Br)c[nH+]1)C(F)(F)F. The van der Waals surface area contributed by atoms with Crippen LogP contribution in [-0.2, 0) is 9.53 Å². The summed E-state index contributed by atoms with van der Waals surface area (Å²) in [4.78, 5) is 27.1. The minimum atomic E-state index is -5.21. The number of hydrogen-bond acceptors (Lipinski definition) is 4. The number of carbonyl (C=O) groups is 2. The highest BCUT2D eigenvalue weighted by atomic mass is 79.9. The van der Waals surface area contributed by atoms with E-state index in [1.807, 2.05) is 5.32 Å². The van der Waals surface area contributed by atoms with Gasteiger partial charge in [0.1, 0.15) is 6.20 Å². The van der Waals surface area contributed by atoms with Crippen LogP contribution >= 0.6 is 15.9 Å². The van der Waals surface area contributed by atoms with E-state index in [0.717, 1.165) is 12.7 Å². The molecule has 0 aliphatic carbocycles. The van der Waals surface area contributed by atoms with E-state index in [-0.39, 0.29) is 11.4 Å². The van der Waals surface area contributed by atoms with E-state index in [1.165, 1.54) is 30.5 Å². The molecule has 0 unspecified atom stereocenters. The molecule has 0 spiro atoms. The van der Waals surface area contributed by atoms with Crippen LogP contribution in [0.4, 0.5) is 19.0 Å². The molecular formula is C17H16BrF3N3O3+. The normalized spacial score (nSPS) is 13.4. The van der Waals surface area contributed by atoms with Crippen LogP contribution < -0.4 is 15.6 Å². The molecule has 1 amide bonds. The number of esters is 1. The summed E-state index contributed by atoms with van der Waals surface area (Å²) in [6.45, 7) is 1.76. The Bertz CT molecular complexity index is 826. The van der Waals surface area contributed by atoms with Crippen molar-refractivity contribution in [3.63, 3.8) is 0 Å². The fourth-order valence-corrected chi connectivity index (χ4v) is 2.42. The van der Waals surface area contributed by atoms with E-state index in [0.29, 0.717) is 4.47 Å². The number of aromatic amines is 1. The Kier molecular flexibility index (Phi) is 6.09. The van der Waals surface area contributed by atoms with Gasteiger partial charge in [0.15, 0.2) is 0 Å². The van der Waals surface area contributed by atoms with Gasteiger partial charge in [0, 0.05) is 11.6 Å². The fraction of sp³-hybridized carbons (Fsp3) is 0.235. The van der Waals surface area contributed by atoms with Gasteiger partial charge in [0.05, 0.1) is 11.6 Å². The summed E-state index contributed by atoms with van der Waals surface area (Å²) in [5.74, 6) is -2.97. The summed E-state index contributed by atoms with van der Waals surface area (Å²) < 4.78 is 46.7. The van der Waals surface area contributed by atoms with E-state index in [1.54, 1.807) is 24.4 Å². The van der Waals surface area contributed by atoms with Gasteiger partial charge in [-0.2, -0.15) is 13.2 Å². The molecule has 0 radical (unpaired) electrons. The lowest BCUT2D eigenvalue weighted by Crippen LogP contribution is -2.69. The lowest BCUT2D eigenvalue weighted by atomic mass is 10.1. The predicted molar refractivity (Wildman–Crippen MR) is 93.8 cm³/mol.